The van der Waals surface area contributed by atoms with Gasteiger partial charge < -0.3 is 0 Å². The second-order valence-electron chi connectivity index (χ2n) is 6.62. The summed E-state index contributed by atoms with van der Waals surface area (Å²) >= 11 is 0. The number of imidazole rings is 1. The van der Waals surface area contributed by atoms with Gasteiger partial charge >= 0.3 is 0 Å². The molecule has 0 bridgehead atoms. The zero-order valence-electron chi connectivity index (χ0n) is 13.4. The maximum absolute atomic E-state index is 12.9. The number of aromatic nitrogens is 2. The molecule has 0 amide bonds. The van der Waals surface area contributed by atoms with Crippen LogP contribution in [-0.4, -0.2) is 15.3 Å². The second-order valence-corrected chi connectivity index (χ2v) is 6.62. The molecular weight excluding hydrogens is 272 g/mol. The molecule has 1 aliphatic rings. The molecule has 0 saturated heterocycles. The highest BCUT2D eigenvalue weighted by Gasteiger charge is 2.52. The molecule has 0 radical (unpaired) electrons. The van der Waals surface area contributed by atoms with Crippen molar-refractivity contribution >= 4 is 5.78 Å². The minimum atomic E-state index is 0.0339. The molecule has 1 aromatic carbocycles. The van der Waals surface area contributed by atoms with Gasteiger partial charge in [0.2, 0.25) is 5.78 Å². The lowest BCUT2D eigenvalue weighted by molar-refractivity contribution is 0.0204. The summed E-state index contributed by atoms with van der Waals surface area (Å²) in [6.07, 6.45) is 4.41. The molecule has 3 nitrogen and oxygen atoms in total. The number of allylic oxidation sites excluding steroid dienone is 1. The van der Waals surface area contributed by atoms with E-state index in [1.807, 2.05) is 41.1 Å². The summed E-state index contributed by atoms with van der Waals surface area (Å²) in [6, 6.07) is 9.87. The first-order valence-electron chi connectivity index (χ1n) is 7.74. The number of hydrogen-bond donors (Lipinski definition) is 0. The third-order valence-electron chi connectivity index (χ3n) is 5.46. The highest BCUT2D eigenvalue weighted by molar-refractivity contribution is 5.96. The molecule has 3 atom stereocenters. The highest BCUT2D eigenvalue weighted by atomic mass is 16.1. The van der Waals surface area contributed by atoms with Crippen LogP contribution in [0.4, 0.5) is 0 Å². The van der Waals surface area contributed by atoms with E-state index >= 15 is 0 Å². The first-order chi connectivity index (χ1) is 10.4. The number of ketones is 1. The van der Waals surface area contributed by atoms with Crippen LogP contribution in [0.2, 0.25) is 0 Å². The largest absolute Gasteiger partial charge is 0.297 e. The number of hydrogen-bond acceptors (Lipinski definition) is 2. The summed E-state index contributed by atoms with van der Waals surface area (Å²) in [7, 11) is 0. The van der Waals surface area contributed by atoms with Crippen LogP contribution in [0.15, 0.2) is 54.9 Å². The van der Waals surface area contributed by atoms with Gasteiger partial charge in [-0.1, -0.05) is 44.2 Å². The Labute approximate surface area is 131 Å². The van der Waals surface area contributed by atoms with Crippen molar-refractivity contribution in [1.82, 2.24) is 9.55 Å². The first-order valence-corrected chi connectivity index (χ1v) is 7.74. The van der Waals surface area contributed by atoms with E-state index in [-0.39, 0.29) is 17.1 Å². The van der Waals surface area contributed by atoms with E-state index in [9.17, 15) is 4.79 Å². The average molecular weight is 294 g/mol. The smallest absolute Gasteiger partial charge is 0.202 e. The van der Waals surface area contributed by atoms with Gasteiger partial charge in [-0.2, -0.15) is 0 Å². The van der Waals surface area contributed by atoms with Gasteiger partial charge in [-0.25, -0.2) is 4.98 Å². The normalized spacial score (nSPS) is 27.2. The number of Topliss-reactive ketones (excluding diaryl/α,β-unsaturated/α-hetero) is 1. The number of para-hydroxylation sites is 1. The van der Waals surface area contributed by atoms with Crippen LogP contribution in [0.3, 0.4) is 0 Å². The Morgan fingerprint density at radius 1 is 1.36 bits per heavy atom. The van der Waals surface area contributed by atoms with Crippen LogP contribution in [0, 0.1) is 17.3 Å². The fourth-order valence-corrected chi connectivity index (χ4v) is 3.43. The van der Waals surface area contributed by atoms with Crippen molar-refractivity contribution in [2.24, 2.45) is 17.3 Å². The van der Waals surface area contributed by atoms with Crippen molar-refractivity contribution in [1.29, 1.82) is 0 Å². The minimum absolute atomic E-state index is 0.0339. The van der Waals surface area contributed by atoms with Crippen LogP contribution in [0.5, 0.6) is 0 Å². The fraction of sp³-hybridized carbons (Fsp3) is 0.368. The molecule has 1 aromatic heterocycles. The van der Waals surface area contributed by atoms with E-state index in [0.29, 0.717) is 11.7 Å². The van der Waals surface area contributed by atoms with Crippen molar-refractivity contribution < 1.29 is 4.79 Å². The third-order valence-corrected chi connectivity index (χ3v) is 5.46. The summed E-state index contributed by atoms with van der Waals surface area (Å²) in [5.74, 6) is 1.01. The predicted molar refractivity (Wildman–Crippen MR) is 88.1 cm³/mol. The van der Waals surface area contributed by atoms with Gasteiger partial charge in [-0.05, 0) is 36.8 Å². The molecule has 22 heavy (non-hydrogen) atoms. The Hall–Kier alpha value is -2.16. The van der Waals surface area contributed by atoms with Crippen LogP contribution >= 0.6 is 0 Å². The van der Waals surface area contributed by atoms with Gasteiger partial charge in [0.15, 0.2) is 5.82 Å². The molecule has 0 N–H and O–H groups in total. The molecule has 114 valence electrons. The first kappa shape index (κ1) is 14.8. The molecule has 0 aliphatic heterocycles. The highest BCUT2D eigenvalue weighted by Crippen LogP contribution is 2.55. The zero-order chi connectivity index (χ0) is 15.9. The van der Waals surface area contributed by atoms with Gasteiger partial charge in [-0.3, -0.25) is 9.36 Å². The Morgan fingerprint density at radius 2 is 2.05 bits per heavy atom. The van der Waals surface area contributed by atoms with Gasteiger partial charge in [0.1, 0.15) is 0 Å². The summed E-state index contributed by atoms with van der Waals surface area (Å²) in [6.45, 7) is 10.5. The molecule has 1 aliphatic carbocycles. The molecule has 0 spiro atoms. The van der Waals surface area contributed by atoms with Crippen molar-refractivity contribution in [2.75, 3.05) is 0 Å². The molecule has 1 fully saturated rings. The molecule has 2 aromatic rings. The standard InChI is InChI=1S/C19H22N2O/c1-13(2)19(4)12-16(14(19)3)17(22)18-20-10-11-21(18)15-8-6-5-7-9-15/h5-11,14,16H,1,12H2,2-4H3/t14-,16+,19+/m1/s1. The van der Waals surface area contributed by atoms with E-state index in [2.05, 4.69) is 32.3 Å². The zero-order valence-corrected chi connectivity index (χ0v) is 13.4. The van der Waals surface area contributed by atoms with Crippen LogP contribution in [0.25, 0.3) is 5.69 Å². The van der Waals surface area contributed by atoms with Crippen molar-refractivity contribution in [3.63, 3.8) is 0 Å². The molecule has 3 heteroatoms. The topological polar surface area (TPSA) is 34.9 Å². The van der Waals surface area contributed by atoms with Crippen molar-refractivity contribution in [3.05, 3.63) is 60.7 Å². The summed E-state index contributed by atoms with van der Waals surface area (Å²) in [4.78, 5) is 17.2. The Morgan fingerprint density at radius 3 is 2.64 bits per heavy atom. The predicted octanol–water partition coefficient (Wildman–Crippen LogP) is 4.29. The number of nitrogens with zero attached hydrogens (tertiary/aromatic N) is 2. The average Bonchev–Trinajstić information content (AvgIpc) is 3.01. The Balaban J connectivity index is 1.87. The lowest BCUT2D eigenvalue weighted by atomic mass is 9.51. The van der Waals surface area contributed by atoms with E-state index in [1.54, 1.807) is 6.20 Å². The maximum atomic E-state index is 12.9. The lowest BCUT2D eigenvalue weighted by Crippen LogP contribution is -2.48. The van der Waals surface area contributed by atoms with Crippen LogP contribution < -0.4 is 0 Å². The maximum Gasteiger partial charge on any atom is 0.202 e. The SMILES string of the molecule is C=C(C)[C@]1(C)C[C@H](C(=O)c2nccn2-c2ccccc2)[C@H]1C. The van der Waals surface area contributed by atoms with E-state index in [4.69, 9.17) is 0 Å². The summed E-state index contributed by atoms with van der Waals surface area (Å²) in [5, 5.41) is 0. The number of benzene rings is 1. The molecule has 1 saturated carbocycles. The number of rotatable bonds is 4. The van der Waals surface area contributed by atoms with Gasteiger partial charge in [-0.15, -0.1) is 0 Å². The van der Waals surface area contributed by atoms with Gasteiger partial charge in [0.05, 0.1) is 0 Å². The Kier molecular flexibility index (Phi) is 3.51. The number of carbonyl (C=O) groups excluding carboxylic acids is 1. The Bertz CT molecular complexity index is 716. The number of carbonyl (C=O) groups is 1. The van der Waals surface area contributed by atoms with Crippen molar-refractivity contribution in [2.45, 2.75) is 27.2 Å². The molecule has 0 unspecified atom stereocenters. The van der Waals surface area contributed by atoms with E-state index < -0.39 is 0 Å². The van der Waals surface area contributed by atoms with E-state index in [0.717, 1.165) is 17.7 Å². The van der Waals surface area contributed by atoms with Gasteiger partial charge in [0.25, 0.3) is 0 Å². The molecule has 1 heterocycles. The lowest BCUT2D eigenvalue weighted by Gasteiger charge is -2.51. The second kappa shape index (κ2) is 5.24. The monoisotopic (exact) mass is 294 g/mol. The molecular formula is C19H22N2O. The van der Waals surface area contributed by atoms with E-state index in [1.165, 1.54) is 0 Å². The van der Waals surface area contributed by atoms with Crippen LogP contribution in [0.1, 0.15) is 37.8 Å². The van der Waals surface area contributed by atoms with Crippen LogP contribution in [-0.2, 0) is 0 Å². The quantitative estimate of drug-likeness (QED) is 0.622. The summed E-state index contributed by atoms with van der Waals surface area (Å²) < 4.78 is 1.88. The van der Waals surface area contributed by atoms with Gasteiger partial charge in [0, 0.05) is 24.0 Å². The van der Waals surface area contributed by atoms with Crippen molar-refractivity contribution in [3.8, 4) is 5.69 Å². The minimum Gasteiger partial charge on any atom is -0.297 e. The summed E-state index contributed by atoms with van der Waals surface area (Å²) in [5.41, 5.74) is 2.21. The third kappa shape index (κ3) is 2.12. The fourth-order valence-electron chi connectivity index (χ4n) is 3.43. The molecule has 3 rings (SSSR count).